The first-order valence-corrected chi connectivity index (χ1v) is 8.61. The van der Waals surface area contributed by atoms with Crippen LogP contribution in [-0.4, -0.2) is 42.6 Å². The monoisotopic (exact) mass is 375 g/mol. The van der Waals surface area contributed by atoms with E-state index in [9.17, 15) is 14.5 Å². The number of fused-ring (bicyclic) bond motifs is 1. The van der Waals surface area contributed by atoms with Crippen molar-refractivity contribution in [1.29, 1.82) is 0 Å². The summed E-state index contributed by atoms with van der Waals surface area (Å²) in [5.41, 5.74) is 0.747. The molecule has 0 aromatic heterocycles. The van der Waals surface area contributed by atoms with E-state index in [0.29, 0.717) is 13.2 Å². The Morgan fingerprint density at radius 3 is 2.52 bits per heavy atom. The van der Waals surface area contributed by atoms with Crippen molar-refractivity contribution in [1.82, 2.24) is 0 Å². The summed E-state index contributed by atoms with van der Waals surface area (Å²) in [6.07, 6.45) is -1.58. The van der Waals surface area contributed by atoms with Gasteiger partial charge < -0.3 is 18.9 Å². The van der Waals surface area contributed by atoms with Crippen molar-refractivity contribution in [3.63, 3.8) is 0 Å². The average Bonchev–Trinajstić information content (AvgIpc) is 3.24. The molecule has 0 spiro atoms. The summed E-state index contributed by atoms with van der Waals surface area (Å²) in [5, 5.41) is 11.1. The molecule has 8 heteroatoms. The Kier molecular flexibility index (Phi) is 5.02. The van der Waals surface area contributed by atoms with Gasteiger partial charge in [0.25, 0.3) is 0 Å². The first-order valence-electron chi connectivity index (χ1n) is 8.61. The summed E-state index contributed by atoms with van der Waals surface area (Å²) >= 11 is 0. The molecule has 2 aromatic carbocycles. The van der Waals surface area contributed by atoms with Gasteiger partial charge in [0.1, 0.15) is 24.1 Å². The molecule has 0 radical (unpaired) electrons. The van der Waals surface area contributed by atoms with Gasteiger partial charge in [-0.25, -0.2) is 4.39 Å². The van der Waals surface area contributed by atoms with Crippen LogP contribution in [0.2, 0.25) is 0 Å². The normalized spacial score (nSPS) is 26.7. The van der Waals surface area contributed by atoms with E-state index in [-0.39, 0.29) is 30.3 Å². The van der Waals surface area contributed by atoms with E-state index >= 15 is 0 Å². The molecule has 4 rings (SSSR count). The minimum atomic E-state index is -0.609. The molecular formula is C19H18FNO6. The second-order valence-electron chi connectivity index (χ2n) is 6.46. The second kappa shape index (κ2) is 7.59. The van der Waals surface area contributed by atoms with Gasteiger partial charge in [-0.3, -0.25) is 10.1 Å². The molecule has 142 valence electrons. The standard InChI is InChI=1S/C19H18FNO6/c20-13-6-7-14(21(22)23)15(8-13)27-17-11-26-18-16(10-25-19(17)18)24-9-12-4-2-1-3-5-12/h1-8,16-19H,9-11H2/t16?,17-,18+,19+/m0/s1. The molecule has 2 aromatic rings. The van der Waals surface area contributed by atoms with Crippen molar-refractivity contribution in [2.75, 3.05) is 13.2 Å². The van der Waals surface area contributed by atoms with E-state index in [1.54, 1.807) is 0 Å². The zero-order valence-corrected chi connectivity index (χ0v) is 14.3. The van der Waals surface area contributed by atoms with Crippen molar-refractivity contribution in [2.45, 2.75) is 31.0 Å². The van der Waals surface area contributed by atoms with Crippen LogP contribution in [0.25, 0.3) is 0 Å². The Morgan fingerprint density at radius 2 is 1.78 bits per heavy atom. The highest BCUT2D eigenvalue weighted by Gasteiger charge is 2.50. The SMILES string of the molecule is O=[N+]([O-])c1ccc(F)cc1O[C@H]1CO[C@@H]2C(OCc3ccccc3)CO[C@H]12. The number of nitrogens with zero attached hydrogens (tertiary/aromatic N) is 1. The van der Waals surface area contributed by atoms with Crippen LogP contribution in [0.5, 0.6) is 5.75 Å². The molecular weight excluding hydrogens is 357 g/mol. The van der Waals surface area contributed by atoms with Crippen LogP contribution in [0.3, 0.4) is 0 Å². The van der Waals surface area contributed by atoms with Gasteiger partial charge in [0.2, 0.25) is 0 Å². The second-order valence-corrected chi connectivity index (χ2v) is 6.46. The smallest absolute Gasteiger partial charge is 0.311 e. The van der Waals surface area contributed by atoms with Gasteiger partial charge >= 0.3 is 5.69 Å². The molecule has 4 atom stereocenters. The van der Waals surface area contributed by atoms with E-state index in [0.717, 1.165) is 23.8 Å². The molecule has 27 heavy (non-hydrogen) atoms. The fourth-order valence-corrected chi connectivity index (χ4v) is 3.35. The highest BCUT2D eigenvalue weighted by atomic mass is 19.1. The molecule has 0 aliphatic carbocycles. The predicted octanol–water partition coefficient (Wildman–Crippen LogP) is 2.86. The van der Waals surface area contributed by atoms with Crippen molar-refractivity contribution in [3.8, 4) is 5.75 Å². The fourth-order valence-electron chi connectivity index (χ4n) is 3.35. The highest BCUT2D eigenvalue weighted by Crippen LogP contribution is 2.35. The maximum Gasteiger partial charge on any atom is 0.311 e. The zero-order chi connectivity index (χ0) is 18.8. The number of hydrogen-bond donors (Lipinski definition) is 0. The van der Waals surface area contributed by atoms with Gasteiger partial charge in [-0.2, -0.15) is 0 Å². The third-order valence-electron chi connectivity index (χ3n) is 4.67. The van der Waals surface area contributed by atoms with Gasteiger partial charge in [0, 0.05) is 12.1 Å². The van der Waals surface area contributed by atoms with Crippen LogP contribution in [-0.2, 0) is 20.8 Å². The van der Waals surface area contributed by atoms with Crippen molar-refractivity contribution < 1.29 is 28.3 Å². The molecule has 2 aliphatic heterocycles. The van der Waals surface area contributed by atoms with Crippen molar-refractivity contribution >= 4 is 5.69 Å². The minimum absolute atomic E-state index is 0.133. The molecule has 2 saturated heterocycles. The Hall–Kier alpha value is -2.55. The van der Waals surface area contributed by atoms with E-state index < -0.39 is 22.9 Å². The maximum absolute atomic E-state index is 13.5. The summed E-state index contributed by atoms with van der Waals surface area (Å²) in [7, 11) is 0. The molecule has 1 unspecified atom stereocenters. The van der Waals surface area contributed by atoms with Crippen LogP contribution >= 0.6 is 0 Å². The van der Waals surface area contributed by atoms with Gasteiger partial charge in [-0.05, 0) is 11.6 Å². The van der Waals surface area contributed by atoms with Gasteiger partial charge in [-0.1, -0.05) is 30.3 Å². The largest absolute Gasteiger partial charge is 0.478 e. The summed E-state index contributed by atoms with van der Waals surface area (Å²) in [5.74, 6) is -0.742. The number of nitro groups is 1. The quantitative estimate of drug-likeness (QED) is 0.571. The number of halogens is 1. The van der Waals surface area contributed by atoms with Gasteiger partial charge in [0.15, 0.2) is 11.9 Å². The molecule has 2 fully saturated rings. The number of benzene rings is 2. The Balaban J connectivity index is 1.41. The lowest BCUT2D eigenvalue weighted by Gasteiger charge is -2.18. The fraction of sp³-hybridized carbons (Fsp3) is 0.368. The van der Waals surface area contributed by atoms with E-state index in [1.165, 1.54) is 0 Å². The molecule has 2 aliphatic rings. The van der Waals surface area contributed by atoms with Gasteiger partial charge in [0.05, 0.1) is 24.7 Å². The Labute approximate surface area is 154 Å². The first kappa shape index (κ1) is 17.8. The van der Waals surface area contributed by atoms with E-state index in [4.69, 9.17) is 18.9 Å². The Bertz CT molecular complexity index is 817. The number of rotatable bonds is 6. The molecule has 0 saturated carbocycles. The number of nitro benzene ring substituents is 1. The molecule has 7 nitrogen and oxygen atoms in total. The number of ether oxygens (including phenoxy) is 4. The highest BCUT2D eigenvalue weighted by molar-refractivity contribution is 5.46. The molecule has 0 N–H and O–H groups in total. The molecule has 0 bridgehead atoms. The molecule has 2 heterocycles. The predicted molar refractivity (Wildman–Crippen MR) is 92.0 cm³/mol. The lowest BCUT2D eigenvalue weighted by molar-refractivity contribution is -0.386. The van der Waals surface area contributed by atoms with Crippen LogP contribution in [0, 0.1) is 15.9 Å². The van der Waals surface area contributed by atoms with Crippen LogP contribution in [0.15, 0.2) is 48.5 Å². The Morgan fingerprint density at radius 1 is 1.07 bits per heavy atom. The molecule has 0 amide bonds. The van der Waals surface area contributed by atoms with E-state index in [1.807, 2.05) is 30.3 Å². The van der Waals surface area contributed by atoms with Crippen LogP contribution in [0.4, 0.5) is 10.1 Å². The summed E-state index contributed by atoms with van der Waals surface area (Å²) in [4.78, 5) is 10.5. The first-order chi connectivity index (χ1) is 13.1. The minimum Gasteiger partial charge on any atom is -0.478 e. The van der Waals surface area contributed by atoms with E-state index in [2.05, 4.69) is 0 Å². The van der Waals surface area contributed by atoms with Gasteiger partial charge in [-0.15, -0.1) is 0 Å². The summed E-state index contributed by atoms with van der Waals surface area (Å²) in [6.45, 7) is 0.962. The number of hydrogen-bond acceptors (Lipinski definition) is 6. The summed E-state index contributed by atoms with van der Waals surface area (Å²) < 4.78 is 36.6. The lowest BCUT2D eigenvalue weighted by atomic mass is 10.1. The maximum atomic E-state index is 13.5. The van der Waals surface area contributed by atoms with Crippen LogP contribution < -0.4 is 4.74 Å². The summed E-state index contributed by atoms with van der Waals surface area (Å²) in [6, 6.07) is 12.9. The van der Waals surface area contributed by atoms with Crippen LogP contribution in [0.1, 0.15) is 5.56 Å². The van der Waals surface area contributed by atoms with Crippen molar-refractivity contribution in [3.05, 3.63) is 70.0 Å². The third-order valence-corrected chi connectivity index (χ3v) is 4.67. The van der Waals surface area contributed by atoms with Crippen molar-refractivity contribution in [2.24, 2.45) is 0 Å². The lowest BCUT2D eigenvalue weighted by Crippen LogP contribution is -2.35. The average molecular weight is 375 g/mol. The topological polar surface area (TPSA) is 80.1 Å². The zero-order valence-electron chi connectivity index (χ0n) is 14.3. The third kappa shape index (κ3) is 3.78.